The number of nitrogens with zero attached hydrogens (tertiary/aromatic N) is 1. The van der Waals surface area contributed by atoms with E-state index in [0.717, 1.165) is 4.90 Å². The summed E-state index contributed by atoms with van der Waals surface area (Å²) < 4.78 is 0. The Morgan fingerprint density at radius 3 is 2.64 bits per heavy atom. The Kier molecular flexibility index (Phi) is 1.47. The minimum absolute atomic E-state index is 0.239. The van der Waals surface area contributed by atoms with Crippen molar-refractivity contribution >= 4 is 12.0 Å². The molecule has 0 aromatic rings. The molecule has 0 spiro atoms. The van der Waals surface area contributed by atoms with Crippen molar-refractivity contribution in [1.82, 2.24) is 4.90 Å². The van der Waals surface area contributed by atoms with Crippen LogP contribution in [0.3, 0.4) is 0 Å². The maximum Gasteiger partial charge on any atom is 0.414 e. The van der Waals surface area contributed by atoms with E-state index in [4.69, 9.17) is 5.11 Å². The lowest BCUT2D eigenvalue weighted by Gasteiger charge is -2.44. The number of carbonyl (C=O) groups is 2. The van der Waals surface area contributed by atoms with Crippen LogP contribution >= 0.6 is 0 Å². The molecule has 11 heavy (non-hydrogen) atoms. The lowest BCUT2D eigenvalue weighted by Crippen LogP contribution is -2.62. The van der Waals surface area contributed by atoms with E-state index in [-0.39, 0.29) is 12.3 Å². The van der Waals surface area contributed by atoms with Crippen molar-refractivity contribution in [2.45, 2.75) is 18.9 Å². The summed E-state index contributed by atoms with van der Waals surface area (Å²) in [5.41, 5.74) is -0.678. The Labute approximate surface area is 64.1 Å². The summed E-state index contributed by atoms with van der Waals surface area (Å²) in [5, 5.41) is 8.53. The molecule has 0 saturated carbocycles. The molecule has 1 aliphatic rings. The highest BCUT2D eigenvalue weighted by Crippen LogP contribution is 2.32. The molecular formula is C7H9NO3. The second-order valence-corrected chi connectivity index (χ2v) is 2.75. The lowest BCUT2D eigenvalue weighted by atomic mass is 9.87. The van der Waals surface area contributed by atoms with Gasteiger partial charge in [0.05, 0.1) is 12.0 Å². The highest BCUT2D eigenvalue weighted by Gasteiger charge is 2.49. The zero-order valence-electron chi connectivity index (χ0n) is 6.20. The summed E-state index contributed by atoms with van der Waals surface area (Å²) in [7, 11) is 0. The maximum absolute atomic E-state index is 10.7. The van der Waals surface area contributed by atoms with Gasteiger partial charge in [0.1, 0.15) is 0 Å². The van der Waals surface area contributed by atoms with Crippen LogP contribution in [0.4, 0.5) is 4.79 Å². The first kappa shape index (κ1) is 7.78. The number of carboxylic acid groups (broad SMARTS) is 1. The summed E-state index contributed by atoms with van der Waals surface area (Å²) in [5.74, 6) is -0.361. The fraction of sp³-hybridized carbons (Fsp3) is 0.429. The average Bonchev–Trinajstić information content (AvgIpc) is 1.84. The summed E-state index contributed by atoms with van der Waals surface area (Å²) in [6.45, 7) is 5.13. The highest BCUT2D eigenvalue weighted by atomic mass is 16.4. The van der Waals surface area contributed by atoms with Gasteiger partial charge in [0.2, 0.25) is 5.91 Å². The van der Waals surface area contributed by atoms with Gasteiger partial charge in [-0.05, 0) is 6.92 Å². The number of carbonyl (C=O) groups excluding carboxylic acids is 1. The van der Waals surface area contributed by atoms with Crippen LogP contribution in [0, 0.1) is 0 Å². The molecule has 1 N–H and O–H groups in total. The van der Waals surface area contributed by atoms with Gasteiger partial charge >= 0.3 is 6.09 Å². The summed E-state index contributed by atoms with van der Waals surface area (Å²) >= 11 is 0. The fourth-order valence-electron chi connectivity index (χ4n) is 1.15. The highest BCUT2D eigenvalue weighted by molar-refractivity contribution is 5.98. The summed E-state index contributed by atoms with van der Waals surface area (Å²) in [4.78, 5) is 22.0. The van der Waals surface area contributed by atoms with Gasteiger partial charge in [0.25, 0.3) is 0 Å². The Balaban J connectivity index is 2.84. The van der Waals surface area contributed by atoms with Crippen molar-refractivity contribution in [3.05, 3.63) is 12.7 Å². The van der Waals surface area contributed by atoms with E-state index in [2.05, 4.69) is 6.58 Å². The van der Waals surface area contributed by atoms with Crippen molar-refractivity contribution in [2.24, 2.45) is 0 Å². The van der Waals surface area contributed by atoms with Gasteiger partial charge in [-0.15, -0.1) is 6.58 Å². The van der Waals surface area contributed by atoms with E-state index in [1.54, 1.807) is 6.92 Å². The third-order valence-electron chi connectivity index (χ3n) is 1.90. The molecule has 4 nitrogen and oxygen atoms in total. The Hall–Kier alpha value is -1.32. The van der Waals surface area contributed by atoms with Gasteiger partial charge in [-0.2, -0.15) is 0 Å². The number of rotatable bonds is 1. The van der Waals surface area contributed by atoms with Crippen molar-refractivity contribution < 1.29 is 14.7 Å². The molecule has 60 valence electrons. The third-order valence-corrected chi connectivity index (χ3v) is 1.90. The van der Waals surface area contributed by atoms with Gasteiger partial charge in [-0.25, -0.2) is 9.69 Å². The molecular weight excluding hydrogens is 146 g/mol. The van der Waals surface area contributed by atoms with Crippen molar-refractivity contribution in [3.8, 4) is 0 Å². The third kappa shape index (κ3) is 0.906. The van der Waals surface area contributed by atoms with Crippen LogP contribution in [0.1, 0.15) is 13.3 Å². The fourth-order valence-corrected chi connectivity index (χ4v) is 1.15. The molecule has 0 radical (unpaired) electrons. The van der Waals surface area contributed by atoms with Crippen molar-refractivity contribution in [3.63, 3.8) is 0 Å². The van der Waals surface area contributed by atoms with E-state index in [0.29, 0.717) is 0 Å². The van der Waals surface area contributed by atoms with E-state index < -0.39 is 11.6 Å². The zero-order valence-corrected chi connectivity index (χ0v) is 6.20. The molecule has 1 fully saturated rings. The Morgan fingerprint density at radius 1 is 1.91 bits per heavy atom. The van der Waals surface area contributed by atoms with Gasteiger partial charge in [0, 0.05) is 0 Å². The molecule has 1 unspecified atom stereocenters. The first-order chi connectivity index (χ1) is 5.01. The topological polar surface area (TPSA) is 57.6 Å². The monoisotopic (exact) mass is 155 g/mol. The zero-order chi connectivity index (χ0) is 8.65. The predicted octanol–water partition coefficient (Wildman–Crippen LogP) is 0.841. The largest absolute Gasteiger partial charge is 0.465 e. The van der Waals surface area contributed by atoms with Crippen LogP contribution in [0.15, 0.2) is 12.7 Å². The Morgan fingerprint density at radius 2 is 2.45 bits per heavy atom. The minimum Gasteiger partial charge on any atom is -0.465 e. The van der Waals surface area contributed by atoms with E-state index >= 15 is 0 Å². The summed E-state index contributed by atoms with van der Waals surface area (Å²) in [6, 6.07) is 0. The van der Waals surface area contributed by atoms with Crippen LogP contribution in [0.5, 0.6) is 0 Å². The molecule has 1 atom stereocenters. The number of imide groups is 1. The number of hydrogen-bond donors (Lipinski definition) is 1. The average molecular weight is 155 g/mol. The molecule has 0 aromatic carbocycles. The first-order valence-corrected chi connectivity index (χ1v) is 3.21. The lowest BCUT2D eigenvalue weighted by molar-refractivity contribution is -0.146. The van der Waals surface area contributed by atoms with Crippen LogP contribution in [0.25, 0.3) is 0 Å². The van der Waals surface area contributed by atoms with Crippen LogP contribution < -0.4 is 0 Å². The quantitative estimate of drug-likeness (QED) is 0.451. The molecule has 1 rings (SSSR count). The Bertz CT molecular complexity index is 228. The second-order valence-electron chi connectivity index (χ2n) is 2.75. The van der Waals surface area contributed by atoms with E-state index in [1.165, 1.54) is 6.08 Å². The first-order valence-electron chi connectivity index (χ1n) is 3.21. The van der Waals surface area contributed by atoms with Crippen LogP contribution in [0.2, 0.25) is 0 Å². The van der Waals surface area contributed by atoms with E-state index in [1.807, 2.05) is 0 Å². The molecule has 0 bridgehead atoms. The molecule has 4 heteroatoms. The normalized spacial score (nSPS) is 29.5. The van der Waals surface area contributed by atoms with Gasteiger partial charge in [-0.1, -0.05) is 6.08 Å². The standard InChI is InChI=1S/C7H9NO3/c1-3-7(2)4-5(9)8(7)6(10)11/h3H,1,4H2,2H3,(H,10,11). The number of amides is 2. The molecule has 1 heterocycles. The number of β-lactam (4-membered cyclic amide) rings is 1. The number of likely N-dealkylation sites (tertiary alicyclic amines) is 1. The van der Waals surface area contributed by atoms with Gasteiger partial charge in [-0.3, -0.25) is 4.79 Å². The molecule has 0 aliphatic carbocycles. The van der Waals surface area contributed by atoms with Gasteiger partial charge in [0.15, 0.2) is 0 Å². The predicted molar refractivity (Wildman–Crippen MR) is 38.1 cm³/mol. The molecule has 2 amide bonds. The van der Waals surface area contributed by atoms with E-state index in [9.17, 15) is 9.59 Å². The maximum atomic E-state index is 10.7. The van der Waals surface area contributed by atoms with Crippen molar-refractivity contribution in [1.29, 1.82) is 0 Å². The molecule has 0 aromatic heterocycles. The minimum atomic E-state index is -1.20. The SMILES string of the molecule is C=CC1(C)CC(=O)N1C(=O)O. The van der Waals surface area contributed by atoms with Crippen LogP contribution in [-0.4, -0.2) is 27.5 Å². The van der Waals surface area contributed by atoms with Crippen LogP contribution in [-0.2, 0) is 4.79 Å². The molecule has 1 saturated heterocycles. The smallest absolute Gasteiger partial charge is 0.414 e. The second kappa shape index (κ2) is 2.08. The van der Waals surface area contributed by atoms with Gasteiger partial charge < -0.3 is 5.11 Å². The van der Waals surface area contributed by atoms with Crippen molar-refractivity contribution in [2.75, 3.05) is 0 Å². The summed E-state index contributed by atoms with van der Waals surface area (Å²) in [6.07, 6.45) is 0.509. The number of hydrogen-bond acceptors (Lipinski definition) is 2. The molecule has 1 aliphatic heterocycles.